The van der Waals surface area contributed by atoms with Crippen molar-refractivity contribution in [2.75, 3.05) is 6.54 Å². The first-order chi connectivity index (χ1) is 8.76. The highest BCUT2D eigenvalue weighted by molar-refractivity contribution is 5.67. The largest absolute Gasteiger partial charge is 0.444 e. The number of aromatic nitrogens is 1. The van der Waals surface area contributed by atoms with Gasteiger partial charge in [0.05, 0.1) is 0 Å². The molecule has 1 heterocycles. The summed E-state index contributed by atoms with van der Waals surface area (Å²) in [5.74, 6) is 0. The van der Waals surface area contributed by atoms with Gasteiger partial charge in [0.1, 0.15) is 5.60 Å². The minimum absolute atomic E-state index is 0.179. The molecule has 0 bridgehead atoms. The van der Waals surface area contributed by atoms with Crippen LogP contribution in [0, 0.1) is 6.92 Å². The molecule has 0 aromatic carbocycles. The van der Waals surface area contributed by atoms with Gasteiger partial charge in [0.15, 0.2) is 0 Å². The van der Waals surface area contributed by atoms with Crippen molar-refractivity contribution in [2.24, 2.45) is 5.73 Å². The Bertz CT molecular complexity index is 427. The standard InChI is InChI=1S/C14H23N3O2/c1-10-5-6-16-12(7-10)8-11(15)9-17-13(18)19-14(2,3)4/h5-7,11H,8-9,15H2,1-4H3,(H,17,18). The lowest BCUT2D eigenvalue weighted by atomic mass is 10.1. The predicted molar refractivity (Wildman–Crippen MR) is 74.9 cm³/mol. The monoisotopic (exact) mass is 265 g/mol. The van der Waals surface area contributed by atoms with Crippen LogP contribution in [0.2, 0.25) is 0 Å². The molecule has 1 aromatic rings. The number of ether oxygens (including phenoxy) is 1. The first-order valence-electron chi connectivity index (χ1n) is 6.40. The van der Waals surface area contributed by atoms with E-state index in [1.165, 1.54) is 0 Å². The molecule has 0 aliphatic heterocycles. The summed E-state index contributed by atoms with van der Waals surface area (Å²) in [7, 11) is 0. The molecule has 0 aliphatic carbocycles. The number of carbonyl (C=O) groups excluding carboxylic acids is 1. The number of pyridine rings is 1. The third-order valence-corrected chi connectivity index (χ3v) is 2.35. The smallest absolute Gasteiger partial charge is 0.407 e. The van der Waals surface area contributed by atoms with Crippen molar-refractivity contribution in [3.63, 3.8) is 0 Å². The number of nitrogens with one attached hydrogen (secondary N) is 1. The Morgan fingerprint density at radius 2 is 2.21 bits per heavy atom. The topological polar surface area (TPSA) is 77.2 Å². The number of nitrogens with two attached hydrogens (primary N) is 1. The number of amides is 1. The highest BCUT2D eigenvalue weighted by Crippen LogP contribution is 2.06. The number of rotatable bonds is 4. The fourth-order valence-corrected chi connectivity index (χ4v) is 1.58. The van der Waals surface area contributed by atoms with E-state index in [1.54, 1.807) is 6.20 Å². The molecular formula is C14H23N3O2. The van der Waals surface area contributed by atoms with E-state index in [4.69, 9.17) is 10.5 Å². The summed E-state index contributed by atoms with van der Waals surface area (Å²) in [6, 6.07) is 3.75. The SMILES string of the molecule is Cc1ccnc(CC(N)CNC(=O)OC(C)(C)C)c1. The van der Waals surface area contributed by atoms with Crippen molar-refractivity contribution in [1.29, 1.82) is 0 Å². The van der Waals surface area contributed by atoms with E-state index in [9.17, 15) is 4.79 Å². The van der Waals surface area contributed by atoms with Gasteiger partial charge < -0.3 is 15.8 Å². The van der Waals surface area contributed by atoms with Crippen LogP contribution in [0.4, 0.5) is 4.79 Å². The number of nitrogens with zero attached hydrogens (tertiary/aromatic N) is 1. The maximum absolute atomic E-state index is 11.5. The Hall–Kier alpha value is -1.62. The zero-order valence-corrected chi connectivity index (χ0v) is 12.1. The van der Waals surface area contributed by atoms with E-state index in [1.807, 2.05) is 39.8 Å². The molecular weight excluding hydrogens is 242 g/mol. The summed E-state index contributed by atoms with van der Waals surface area (Å²) in [6.45, 7) is 7.84. The third-order valence-electron chi connectivity index (χ3n) is 2.35. The maximum atomic E-state index is 11.5. The summed E-state index contributed by atoms with van der Waals surface area (Å²) >= 11 is 0. The van der Waals surface area contributed by atoms with Gasteiger partial charge in [0, 0.05) is 30.9 Å². The molecule has 19 heavy (non-hydrogen) atoms. The van der Waals surface area contributed by atoms with Gasteiger partial charge in [-0.3, -0.25) is 4.98 Å². The summed E-state index contributed by atoms with van der Waals surface area (Å²) in [5, 5.41) is 2.66. The second-order valence-electron chi connectivity index (χ2n) is 5.67. The molecule has 1 rings (SSSR count). The van der Waals surface area contributed by atoms with Crippen LogP contribution in [0.25, 0.3) is 0 Å². The molecule has 3 N–H and O–H groups in total. The minimum Gasteiger partial charge on any atom is -0.444 e. The fourth-order valence-electron chi connectivity index (χ4n) is 1.58. The number of alkyl carbamates (subject to hydrolysis) is 1. The number of hydrogen-bond donors (Lipinski definition) is 2. The number of hydrogen-bond acceptors (Lipinski definition) is 4. The predicted octanol–water partition coefficient (Wildman–Crippen LogP) is 1.78. The van der Waals surface area contributed by atoms with Crippen LogP contribution in [-0.2, 0) is 11.2 Å². The second kappa shape index (κ2) is 6.52. The normalized spacial score (nSPS) is 12.9. The Labute approximate surface area is 114 Å². The van der Waals surface area contributed by atoms with Gasteiger partial charge >= 0.3 is 6.09 Å². The van der Waals surface area contributed by atoms with Crippen molar-refractivity contribution in [3.05, 3.63) is 29.6 Å². The molecule has 0 radical (unpaired) electrons. The molecule has 0 saturated heterocycles. The van der Waals surface area contributed by atoms with Crippen LogP contribution in [0.5, 0.6) is 0 Å². The van der Waals surface area contributed by atoms with E-state index in [0.29, 0.717) is 13.0 Å². The zero-order valence-electron chi connectivity index (χ0n) is 12.1. The van der Waals surface area contributed by atoms with Crippen molar-refractivity contribution >= 4 is 6.09 Å². The van der Waals surface area contributed by atoms with Gasteiger partial charge in [-0.2, -0.15) is 0 Å². The van der Waals surface area contributed by atoms with Crippen LogP contribution in [0.15, 0.2) is 18.3 Å². The van der Waals surface area contributed by atoms with E-state index in [2.05, 4.69) is 10.3 Å². The fraction of sp³-hybridized carbons (Fsp3) is 0.571. The first-order valence-corrected chi connectivity index (χ1v) is 6.40. The van der Waals surface area contributed by atoms with Gasteiger partial charge in [0.25, 0.3) is 0 Å². The van der Waals surface area contributed by atoms with E-state index < -0.39 is 11.7 Å². The lowest BCUT2D eigenvalue weighted by Crippen LogP contribution is -2.41. The molecule has 5 nitrogen and oxygen atoms in total. The molecule has 1 atom stereocenters. The number of carbonyl (C=O) groups is 1. The Kier molecular flexibility index (Phi) is 5.30. The van der Waals surface area contributed by atoms with Gasteiger partial charge in [0.2, 0.25) is 0 Å². The van der Waals surface area contributed by atoms with E-state index >= 15 is 0 Å². The van der Waals surface area contributed by atoms with Crippen LogP contribution >= 0.6 is 0 Å². The molecule has 0 aliphatic rings. The molecule has 0 saturated carbocycles. The maximum Gasteiger partial charge on any atom is 0.407 e. The van der Waals surface area contributed by atoms with Crippen LogP contribution in [0.1, 0.15) is 32.0 Å². The molecule has 0 fully saturated rings. The van der Waals surface area contributed by atoms with Gasteiger partial charge in [-0.1, -0.05) is 0 Å². The van der Waals surface area contributed by atoms with Crippen molar-refractivity contribution < 1.29 is 9.53 Å². The highest BCUT2D eigenvalue weighted by Gasteiger charge is 2.16. The van der Waals surface area contributed by atoms with E-state index in [-0.39, 0.29) is 6.04 Å². The molecule has 1 aromatic heterocycles. The summed E-state index contributed by atoms with van der Waals surface area (Å²) < 4.78 is 5.14. The Morgan fingerprint density at radius 3 is 2.79 bits per heavy atom. The quantitative estimate of drug-likeness (QED) is 0.870. The third kappa shape index (κ3) is 6.76. The average molecular weight is 265 g/mol. The molecule has 1 amide bonds. The van der Waals surface area contributed by atoms with Crippen LogP contribution in [0.3, 0.4) is 0 Å². The Balaban J connectivity index is 2.36. The Morgan fingerprint density at radius 1 is 1.53 bits per heavy atom. The van der Waals surface area contributed by atoms with Crippen LogP contribution < -0.4 is 11.1 Å². The van der Waals surface area contributed by atoms with Crippen molar-refractivity contribution in [3.8, 4) is 0 Å². The van der Waals surface area contributed by atoms with Crippen molar-refractivity contribution in [2.45, 2.75) is 45.8 Å². The summed E-state index contributed by atoms with van der Waals surface area (Å²) in [5.41, 5.74) is 7.54. The van der Waals surface area contributed by atoms with Crippen LogP contribution in [-0.4, -0.2) is 29.3 Å². The lowest BCUT2D eigenvalue weighted by Gasteiger charge is -2.20. The number of aryl methyl sites for hydroxylation is 1. The van der Waals surface area contributed by atoms with Gasteiger partial charge in [-0.15, -0.1) is 0 Å². The summed E-state index contributed by atoms with van der Waals surface area (Å²) in [6.07, 6.45) is 1.94. The minimum atomic E-state index is -0.494. The van der Waals surface area contributed by atoms with Gasteiger partial charge in [-0.25, -0.2) is 4.79 Å². The van der Waals surface area contributed by atoms with Crippen molar-refractivity contribution in [1.82, 2.24) is 10.3 Å². The highest BCUT2D eigenvalue weighted by atomic mass is 16.6. The molecule has 1 unspecified atom stereocenters. The van der Waals surface area contributed by atoms with E-state index in [0.717, 1.165) is 11.3 Å². The average Bonchev–Trinajstić information content (AvgIpc) is 2.24. The molecule has 106 valence electrons. The second-order valence-corrected chi connectivity index (χ2v) is 5.67. The molecule has 5 heteroatoms. The zero-order chi connectivity index (χ0) is 14.5. The lowest BCUT2D eigenvalue weighted by molar-refractivity contribution is 0.0524. The molecule has 0 spiro atoms. The summed E-state index contributed by atoms with van der Waals surface area (Å²) in [4.78, 5) is 15.7. The first kappa shape index (κ1) is 15.4. The van der Waals surface area contributed by atoms with Gasteiger partial charge in [-0.05, 0) is 45.4 Å².